The quantitative estimate of drug-likeness (QED) is 0.897. The zero-order chi connectivity index (χ0) is 13.8. The number of hydrogen-bond acceptors (Lipinski definition) is 5. The van der Waals surface area contributed by atoms with E-state index in [-0.39, 0.29) is 5.91 Å². The van der Waals surface area contributed by atoms with Crippen LogP contribution in [-0.2, 0) is 6.54 Å². The molecule has 2 rings (SSSR count). The van der Waals surface area contributed by atoms with Gasteiger partial charge in [0.05, 0.1) is 17.8 Å². The van der Waals surface area contributed by atoms with Crippen LogP contribution in [0.5, 0.6) is 0 Å². The Morgan fingerprint density at radius 2 is 2.16 bits per heavy atom. The Bertz CT molecular complexity index is 594. The molecule has 0 aromatic carbocycles. The molecule has 2 aromatic rings. The zero-order valence-corrected chi connectivity index (χ0v) is 12.0. The number of hydrogen-bond donors (Lipinski definition) is 2. The fourth-order valence-corrected chi connectivity index (χ4v) is 2.39. The van der Waals surface area contributed by atoms with E-state index < -0.39 is 0 Å². The van der Waals surface area contributed by atoms with Crippen LogP contribution in [0.3, 0.4) is 0 Å². The first kappa shape index (κ1) is 13.5. The lowest BCUT2D eigenvalue weighted by Gasteiger charge is -2.09. The van der Waals surface area contributed by atoms with Crippen LogP contribution >= 0.6 is 11.3 Å². The maximum Gasteiger partial charge on any atom is 0.255 e. The molecule has 0 unspecified atom stereocenters. The van der Waals surface area contributed by atoms with Gasteiger partial charge in [-0.25, -0.2) is 4.98 Å². The summed E-state index contributed by atoms with van der Waals surface area (Å²) in [7, 11) is 1.79. The number of nitrogens with one attached hydrogen (secondary N) is 2. The van der Waals surface area contributed by atoms with Gasteiger partial charge in [-0.3, -0.25) is 9.78 Å². The van der Waals surface area contributed by atoms with Crippen molar-refractivity contribution in [3.8, 4) is 0 Å². The van der Waals surface area contributed by atoms with E-state index in [1.54, 1.807) is 24.6 Å². The van der Waals surface area contributed by atoms with Crippen molar-refractivity contribution >= 4 is 22.9 Å². The van der Waals surface area contributed by atoms with E-state index in [4.69, 9.17) is 0 Å². The van der Waals surface area contributed by atoms with Crippen molar-refractivity contribution in [2.24, 2.45) is 0 Å². The molecule has 0 aliphatic rings. The number of rotatable bonds is 4. The number of carbonyl (C=O) groups is 1. The first-order valence-electron chi connectivity index (χ1n) is 5.93. The van der Waals surface area contributed by atoms with Crippen LogP contribution < -0.4 is 10.6 Å². The Morgan fingerprint density at radius 3 is 2.79 bits per heavy atom. The molecule has 0 spiro atoms. The molecule has 0 saturated carbocycles. The van der Waals surface area contributed by atoms with Crippen LogP contribution in [0.15, 0.2) is 17.6 Å². The minimum Gasteiger partial charge on any atom is -0.387 e. The number of pyridine rings is 1. The van der Waals surface area contributed by atoms with Gasteiger partial charge in [-0.1, -0.05) is 0 Å². The van der Waals surface area contributed by atoms with Crippen molar-refractivity contribution < 1.29 is 4.79 Å². The first-order chi connectivity index (χ1) is 9.10. The maximum absolute atomic E-state index is 12.1. The number of aryl methyl sites for hydroxylation is 2. The normalized spacial score (nSPS) is 10.3. The molecule has 0 aliphatic carbocycles. The smallest absolute Gasteiger partial charge is 0.255 e. The van der Waals surface area contributed by atoms with Crippen LogP contribution in [0.4, 0.5) is 5.69 Å². The molecule has 2 aromatic heterocycles. The summed E-state index contributed by atoms with van der Waals surface area (Å²) in [5.74, 6) is -0.148. The van der Waals surface area contributed by atoms with Crippen molar-refractivity contribution in [2.45, 2.75) is 20.4 Å². The number of aromatic nitrogens is 2. The monoisotopic (exact) mass is 276 g/mol. The molecule has 5 nitrogen and oxygen atoms in total. The third-order valence-electron chi connectivity index (χ3n) is 2.62. The van der Waals surface area contributed by atoms with Crippen LogP contribution in [0.25, 0.3) is 0 Å². The molecule has 100 valence electrons. The van der Waals surface area contributed by atoms with Crippen molar-refractivity contribution in [2.75, 3.05) is 12.4 Å². The van der Waals surface area contributed by atoms with Gasteiger partial charge in [0.2, 0.25) is 0 Å². The second kappa shape index (κ2) is 5.79. The highest BCUT2D eigenvalue weighted by Crippen LogP contribution is 2.15. The van der Waals surface area contributed by atoms with Gasteiger partial charge in [0.15, 0.2) is 0 Å². The maximum atomic E-state index is 12.1. The third kappa shape index (κ3) is 3.29. The topological polar surface area (TPSA) is 66.9 Å². The molecule has 0 saturated heterocycles. The van der Waals surface area contributed by atoms with Gasteiger partial charge < -0.3 is 10.6 Å². The summed E-state index contributed by atoms with van der Waals surface area (Å²) >= 11 is 1.54. The molecule has 2 heterocycles. The van der Waals surface area contributed by atoms with E-state index in [1.165, 1.54) is 0 Å². The number of anilines is 1. The third-order valence-corrected chi connectivity index (χ3v) is 3.59. The molecule has 0 fully saturated rings. The number of thiazole rings is 1. The molecular formula is C13H16N4OS. The predicted octanol–water partition coefficient (Wildman–Crippen LogP) is 2.13. The molecule has 0 bridgehead atoms. The molecule has 0 radical (unpaired) electrons. The molecular weight excluding hydrogens is 260 g/mol. The van der Waals surface area contributed by atoms with E-state index in [0.717, 1.165) is 22.1 Å². The Balaban J connectivity index is 2.07. The number of amides is 1. The van der Waals surface area contributed by atoms with Gasteiger partial charge in [-0.2, -0.15) is 0 Å². The molecule has 2 N–H and O–H groups in total. The van der Waals surface area contributed by atoms with Crippen LogP contribution in [0, 0.1) is 13.8 Å². The molecule has 6 heteroatoms. The van der Waals surface area contributed by atoms with Crippen molar-refractivity contribution in [1.29, 1.82) is 0 Å². The van der Waals surface area contributed by atoms with Crippen molar-refractivity contribution in [3.05, 3.63) is 39.6 Å². The largest absolute Gasteiger partial charge is 0.387 e. The average molecular weight is 276 g/mol. The summed E-state index contributed by atoms with van der Waals surface area (Å²) in [5.41, 5.74) is 3.17. The lowest BCUT2D eigenvalue weighted by molar-refractivity contribution is 0.0951. The summed E-state index contributed by atoms with van der Waals surface area (Å²) in [6.07, 6.45) is 1.59. The first-order valence-corrected chi connectivity index (χ1v) is 6.81. The van der Waals surface area contributed by atoms with E-state index in [1.807, 2.05) is 25.3 Å². The highest BCUT2D eigenvalue weighted by Gasteiger charge is 2.12. The van der Waals surface area contributed by atoms with E-state index in [0.29, 0.717) is 12.1 Å². The predicted molar refractivity (Wildman–Crippen MR) is 76.5 cm³/mol. The Morgan fingerprint density at radius 1 is 1.37 bits per heavy atom. The standard InChI is InChI=1S/C13H16N4OS/c1-8-4-11(14-3)10(5-15-8)13(18)16-6-12-17-9(2)7-19-12/h4-5,7H,6H2,1-3H3,(H,14,15)(H,16,18). The van der Waals surface area contributed by atoms with Gasteiger partial charge in [0.25, 0.3) is 5.91 Å². The molecule has 1 amide bonds. The average Bonchev–Trinajstić information content (AvgIpc) is 2.81. The highest BCUT2D eigenvalue weighted by molar-refractivity contribution is 7.09. The minimum atomic E-state index is -0.148. The lowest BCUT2D eigenvalue weighted by atomic mass is 10.2. The summed E-state index contributed by atoms with van der Waals surface area (Å²) < 4.78 is 0. The second-order valence-electron chi connectivity index (χ2n) is 4.19. The van der Waals surface area contributed by atoms with Crippen LogP contribution in [-0.4, -0.2) is 22.9 Å². The van der Waals surface area contributed by atoms with Gasteiger partial charge in [-0.05, 0) is 19.9 Å². The lowest BCUT2D eigenvalue weighted by Crippen LogP contribution is -2.24. The van der Waals surface area contributed by atoms with E-state index >= 15 is 0 Å². The van der Waals surface area contributed by atoms with E-state index in [2.05, 4.69) is 20.6 Å². The van der Waals surface area contributed by atoms with Crippen molar-refractivity contribution in [3.63, 3.8) is 0 Å². The Hall–Kier alpha value is -1.95. The summed E-state index contributed by atoms with van der Waals surface area (Å²) in [6.45, 7) is 4.26. The van der Waals surface area contributed by atoms with Crippen LogP contribution in [0.1, 0.15) is 26.8 Å². The van der Waals surface area contributed by atoms with Gasteiger partial charge in [-0.15, -0.1) is 11.3 Å². The Labute approximate surface area is 116 Å². The van der Waals surface area contributed by atoms with Gasteiger partial charge >= 0.3 is 0 Å². The molecule has 0 atom stereocenters. The fraction of sp³-hybridized carbons (Fsp3) is 0.308. The van der Waals surface area contributed by atoms with Crippen molar-refractivity contribution in [1.82, 2.24) is 15.3 Å². The highest BCUT2D eigenvalue weighted by atomic mass is 32.1. The number of carbonyl (C=O) groups excluding carboxylic acids is 1. The Kier molecular flexibility index (Phi) is 4.11. The zero-order valence-electron chi connectivity index (χ0n) is 11.2. The molecule has 19 heavy (non-hydrogen) atoms. The van der Waals surface area contributed by atoms with Gasteiger partial charge in [0.1, 0.15) is 5.01 Å². The second-order valence-corrected chi connectivity index (χ2v) is 5.13. The van der Waals surface area contributed by atoms with Gasteiger partial charge in [0, 0.05) is 30.0 Å². The number of nitrogens with zero attached hydrogens (tertiary/aromatic N) is 2. The SMILES string of the molecule is CNc1cc(C)ncc1C(=O)NCc1nc(C)cs1. The summed E-state index contributed by atoms with van der Waals surface area (Å²) in [4.78, 5) is 20.6. The minimum absolute atomic E-state index is 0.148. The fourth-order valence-electron chi connectivity index (χ4n) is 1.68. The molecule has 0 aliphatic heterocycles. The summed E-state index contributed by atoms with van der Waals surface area (Å²) in [6, 6.07) is 1.85. The van der Waals surface area contributed by atoms with Crippen LogP contribution in [0.2, 0.25) is 0 Å². The summed E-state index contributed by atoms with van der Waals surface area (Å²) in [5, 5.41) is 8.72. The van der Waals surface area contributed by atoms with E-state index in [9.17, 15) is 4.79 Å².